The highest BCUT2D eigenvalue weighted by Crippen LogP contribution is 2.40. The lowest BCUT2D eigenvalue weighted by Gasteiger charge is -2.06. The van der Waals surface area contributed by atoms with Gasteiger partial charge in [-0.05, 0) is 18.2 Å². The molecule has 0 unspecified atom stereocenters. The summed E-state index contributed by atoms with van der Waals surface area (Å²) < 4.78 is 0. The number of benzene rings is 2. The van der Waals surface area contributed by atoms with Crippen LogP contribution in [0.25, 0.3) is 0 Å². The summed E-state index contributed by atoms with van der Waals surface area (Å²) in [7, 11) is 0. The number of nitro benzene ring substituents is 1. The topological polar surface area (TPSA) is 43.1 Å². The molecule has 0 N–H and O–H groups in total. The van der Waals surface area contributed by atoms with Gasteiger partial charge in [-0.25, -0.2) is 0 Å². The summed E-state index contributed by atoms with van der Waals surface area (Å²) in [6.07, 6.45) is 0. The zero-order valence-corrected chi connectivity index (χ0v) is 12.4. The molecule has 0 aliphatic carbocycles. The second-order valence-corrected chi connectivity index (χ2v) is 5.80. The molecule has 0 fully saturated rings. The van der Waals surface area contributed by atoms with E-state index in [9.17, 15) is 10.1 Å². The number of nitro groups is 1. The van der Waals surface area contributed by atoms with Crippen molar-refractivity contribution in [2.75, 3.05) is 0 Å². The lowest BCUT2D eigenvalue weighted by Crippen LogP contribution is -1.88. The summed E-state index contributed by atoms with van der Waals surface area (Å²) in [4.78, 5) is 11.5. The van der Waals surface area contributed by atoms with Crippen molar-refractivity contribution in [1.29, 1.82) is 0 Å². The van der Waals surface area contributed by atoms with Crippen molar-refractivity contribution in [1.82, 2.24) is 0 Å². The van der Waals surface area contributed by atoms with Crippen molar-refractivity contribution < 1.29 is 4.92 Å². The number of hydrogen-bond donors (Lipinski definition) is 0. The van der Waals surface area contributed by atoms with E-state index in [0.29, 0.717) is 20.0 Å². The van der Waals surface area contributed by atoms with Gasteiger partial charge < -0.3 is 0 Å². The molecule has 0 saturated heterocycles. The third-order valence-corrected chi connectivity index (χ3v) is 4.75. The van der Waals surface area contributed by atoms with Gasteiger partial charge in [-0.2, -0.15) is 0 Å². The van der Waals surface area contributed by atoms with Gasteiger partial charge in [0.2, 0.25) is 0 Å². The fraction of sp³-hybridized carbons (Fsp3) is 0. The predicted octanol–water partition coefficient (Wildman–Crippen LogP) is 5.71. The number of hydrogen-bond acceptors (Lipinski definition) is 3. The minimum absolute atomic E-state index is 0.0495. The van der Waals surface area contributed by atoms with Gasteiger partial charge in [0.1, 0.15) is 0 Å². The quantitative estimate of drug-likeness (QED) is 0.533. The van der Waals surface area contributed by atoms with E-state index in [1.807, 2.05) is 0 Å². The minimum atomic E-state index is -0.493. The van der Waals surface area contributed by atoms with Crippen LogP contribution in [0.2, 0.25) is 15.1 Å². The van der Waals surface area contributed by atoms with E-state index in [-0.39, 0.29) is 5.69 Å². The zero-order valence-electron chi connectivity index (χ0n) is 9.27. The van der Waals surface area contributed by atoms with Crippen molar-refractivity contribution in [3.05, 3.63) is 61.6 Å². The predicted molar refractivity (Wildman–Crippen MR) is 78.7 cm³/mol. The summed E-state index contributed by atoms with van der Waals surface area (Å²) in [6, 6.07) is 9.55. The zero-order chi connectivity index (χ0) is 14.0. The average molecular weight is 335 g/mol. The number of nitrogens with zero attached hydrogens (tertiary/aromatic N) is 1. The van der Waals surface area contributed by atoms with E-state index in [1.165, 1.54) is 23.9 Å². The Morgan fingerprint density at radius 3 is 2.37 bits per heavy atom. The maximum absolute atomic E-state index is 10.6. The van der Waals surface area contributed by atoms with Gasteiger partial charge in [0.15, 0.2) is 0 Å². The molecular formula is C12H6Cl3NO2S. The molecule has 0 aliphatic heterocycles. The van der Waals surface area contributed by atoms with Gasteiger partial charge in [-0.1, -0.05) is 52.6 Å². The van der Waals surface area contributed by atoms with Gasteiger partial charge in [-0.3, -0.25) is 10.1 Å². The van der Waals surface area contributed by atoms with Gasteiger partial charge in [0.05, 0.1) is 20.0 Å². The highest BCUT2D eigenvalue weighted by Gasteiger charge is 2.12. The normalized spacial score (nSPS) is 10.5. The van der Waals surface area contributed by atoms with Crippen molar-refractivity contribution in [3.63, 3.8) is 0 Å². The first-order valence-electron chi connectivity index (χ1n) is 5.05. The summed E-state index contributed by atoms with van der Waals surface area (Å²) >= 11 is 19.3. The van der Waals surface area contributed by atoms with Crippen LogP contribution in [-0.2, 0) is 0 Å². The summed E-state index contributed by atoms with van der Waals surface area (Å²) in [6.45, 7) is 0. The van der Waals surface area contributed by atoms with Crippen LogP contribution >= 0.6 is 46.6 Å². The van der Waals surface area contributed by atoms with E-state index in [0.717, 1.165) is 4.90 Å². The first kappa shape index (κ1) is 14.5. The smallest absolute Gasteiger partial charge is 0.258 e. The third-order valence-electron chi connectivity index (χ3n) is 2.26. The maximum Gasteiger partial charge on any atom is 0.270 e. The monoisotopic (exact) mass is 333 g/mol. The molecule has 19 heavy (non-hydrogen) atoms. The number of non-ortho nitro benzene ring substituents is 1. The van der Waals surface area contributed by atoms with Crippen LogP contribution in [0.5, 0.6) is 0 Å². The van der Waals surface area contributed by atoms with E-state index >= 15 is 0 Å². The molecule has 0 aliphatic rings. The molecule has 0 spiro atoms. The van der Waals surface area contributed by atoms with E-state index in [1.54, 1.807) is 24.3 Å². The molecule has 2 rings (SSSR count). The third kappa shape index (κ3) is 3.34. The molecule has 7 heteroatoms. The van der Waals surface area contributed by atoms with Crippen molar-refractivity contribution in [2.24, 2.45) is 0 Å². The van der Waals surface area contributed by atoms with Crippen LogP contribution in [0.4, 0.5) is 5.69 Å². The molecule has 2 aromatic rings. The van der Waals surface area contributed by atoms with Crippen molar-refractivity contribution in [2.45, 2.75) is 9.79 Å². The lowest BCUT2D eigenvalue weighted by molar-refractivity contribution is -0.384. The fourth-order valence-electron chi connectivity index (χ4n) is 1.37. The Morgan fingerprint density at radius 1 is 1.00 bits per heavy atom. The van der Waals surface area contributed by atoms with Crippen LogP contribution < -0.4 is 0 Å². The second kappa shape index (κ2) is 6.01. The summed E-state index contributed by atoms with van der Waals surface area (Å²) in [5, 5.41) is 11.8. The largest absolute Gasteiger partial charge is 0.270 e. The molecular weight excluding hydrogens is 329 g/mol. The average Bonchev–Trinajstić information content (AvgIpc) is 2.37. The Balaban J connectivity index is 2.34. The maximum atomic E-state index is 10.6. The van der Waals surface area contributed by atoms with Gasteiger partial charge in [-0.15, -0.1) is 0 Å². The molecule has 3 nitrogen and oxygen atoms in total. The molecule has 0 bridgehead atoms. The SMILES string of the molecule is O=[N+]([O-])c1ccc(Sc2cccc(Cl)c2Cl)c(Cl)c1. The molecule has 0 amide bonds. The van der Waals surface area contributed by atoms with Gasteiger partial charge in [0, 0.05) is 21.9 Å². The Hall–Kier alpha value is -0.940. The summed E-state index contributed by atoms with van der Waals surface area (Å²) in [5.74, 6) is 0. The highest BCUT2D eigenvalue weighted by atomic mass is 35.5. The Bertz CT molecular complexity index is 649. The molecule has 98 valence electrons. The minimum Gasteiger partial charge on any atom is -0.258 e. The molecule has 2 aromatic carbocycles. The number of rotatable bonds is 3. The van der Waals surface area contributed by atoms with Crippen molar-refractivity contribution >= 4 is 52.3 Å². The molecule has 0 heterocycles. The number of halogens is 3. The van der Waals surface area contributed by atoms with Crippen LogP contribution in [-0.4, -0.2) is 4.92 Å². The Labute approximate surface area is 128 Å². The summed E-state index contributed by atoms with van der Waals surface area (Å²) in [5.41, 5.74) is -0.0495. The highest BCUT2D eigenvalue weighted by molar-refractivity contribution is 7.99. The van der Waals surface area contributed by atoms with E-state index in [4.69, 9.17) is 34.8 Å². The van der Waals surface area contributed by atoms with E-state index < -0.39 is 4.92 Å². The molecule has 0 aromatic heterocycles. The lowest BCUT2D eigenvalue weighted by atomic mass is 10.3. The van der Waals surface area contributed by atoms with Crippen LogP contribution in [0.3, 0.4) is 0 Å². The Kier molecular flexibility index (Phi) is 4.58. The van der Waals surface area contributed by atoms with Gasteiger partial charge in [0.25, 0.3) is 5.69 Å². The standard InChI is InChI=1S/C12H6Cl3NO2S/c13-8-2-1-3-11(12(8)15)19-10-5-4-7(16(17)18)6-9(10)14/h1-6H. The Morgan fingerprint density at radius 2 is 1.74 bits per heavy atom. The fourth-order valence-corrected chi connectivity index (χ4v) is 3.01. The van der Waals surface area contributed by atoms with Crippen LogP contribution in [0, 0.1) is 10.1 Å². The molecule has 0 saturated carbocycles. The van der Waals surface area contributed by atoms with Crippen molar-refractivity contribution in [3.8, 4) is 0 Å². The van der Waals surface area contributed by atoms with Gasteiger partial charge >= 0.3 is 0 Å². The first-order chi connectivity index (χ1) is 8.99. The first-order valence-corrected chi connectivity index (χ1v) is 7.00. The molecule has 0 radical (unpaired) electrons. The van der Waals surface area contributed by atoms with E-state index in [2.05, 4.69) is 0 Å². The molecule has 0 atom stereocenters. The van der Waals surface area contributed by atoms with Crippen LogP contribution in [0.15, 0.2) is 46.2 Å². The van der Waals surface area contributed by atoms with Crippen LogP contribution in [0.1, 0.15) is 0 Å². The second-order valence-electron chi connectivity index (χ2n) is 3.53.